The molecule has 8 nitrogen and oxygen atoms in total. The van der Waals surface area contributed by atoms with Crippen LogP contribution in [0.1, 0.15) is 47.5 Å². The molecule has 1 aliphatic heterocycles. The van der Waals surface area contributed by atoms with Crippen molar-refractivity contribution in [2.24, 2.45) is 5.92 Å². The van der Waals surface area contributed by atoms with Crippen LogP contribution in [0.15, 0.2) is 18.2 Å². The molecular weight excluding hydrogens is 374 g/mol. The molecule has 1 aromatic rings. The Kier molecular flexibility index (Phi) is 7.47. The van der Waals surface area contributed by atoms with Crippen molar-refractivity contribution in [3.05, 3.63) is 18.2 Å². The van der Waals surface area contributed by atoms with Crippen LogP contribution in [0.2, 0.25) is 0 Å². The number of ether oxygens (including phenoxy) is 2. The summed E-state index contributed by atoms with van der Waals surface area (Å²) in [5, 5.41) is 5.43. The second-order valence-corrected chi connectivity index (χ2v) is 7.66. The van der Waals surface area contributed by atoms with Crippen LogP contribution >= 0.6 is 0 Å². The van der Waals surface area contributed by atoms with Gasteiger partial charge in [-0.05, 0) is 51.7 Å². The van der Waals surface area contributed by atoms with E-state index in [-0.39, 0.29) is 12.5 Å². The molecule has 1 aromatic carbocycles. The molecule has 0 aliphatic carbocycles. The Labute approximate surface area is 171 Å². The normalized spacial score (nSPS) is 18.8. The van der Waals surface area contributed by atoms with Gasteiger partial charge in [-0.2, -0.15) is 0 Å². The minimum absolute atomic E-state index is 0.348. The average Bonchev–Trinajstić information content (AvgIpc) is 2.86. The predicted molar refractivity (Wildman–Crippen MR) is 110 cm³/mol. The monoisotopic (exact) mass is 405 g/mol. The summed E-state index contributed by atoms with van der Waals surface area (Å²) in [4.78, 5) is 38.4. The maximum atomic E-state index is 12.7. The highest BCUT2D eigenvalue weighted by molar-refractivity contribution is 6.09. The Hall–Kier alpha value is -2.77. The largest absolute Gasteiger partial charge is 0.490 e. The molecule has 0 bridgehead atoms. The number of hydrogen-bond donors (Lipinski definition) is 2. The lowest BCUT2D eigenvalue weighted by Gasteiger charge is -2.22. The van der Waals surface area contributed by atoms with Gasteiger partial charge in [-0.15, -0.1) is 0 Å². The first kappa shape index (κ1) is 22.5. The lowest BCUT2D eigenvalue weighted by Crippen LogP contribution is -2.44. The van der Waals surface area contributed by atoms with Crippen LogP contribution in [0.3, 0.4) is 0 Å². The highest BCUT2D eigenvalue weighted by Crippen LogP contribution is 2.31. The first-order valence-corrected chi connectivity index (χ1v) is 10.0. The topological polar surface area (TPSA) is 97.0 Å². The summed E-state index contributed by atoms with van der Waals surface area (Å²) >= 11 is 0. The van der Waals surface area contributed by atoms with E-state index in [0.29, 0.717) is 42.7 Å². The molecule has 0 spiro atoms. The van der Waals surface area contributed by atoms with Crippen LogP contribution in [-0.4, -0.2) is 48.0 Å². The molecule has 1 heterocycles. The van der Waals surface area contributed by atoms with E-state index in [9.17, 15) is 14.4 Å². The number of anilines is 1. The van der Waals surface area contributed by atoms with Gasteiger partial charge in [0, 0.05) is 11.8 Å². The molecule has 160 valence electrons. The van der Waals surface area contributed by atoms with Gasteiger partial charge in [0.25, 0.3) is 5.91 Å². The van der Waals surface area contributed by atoms with Crippen LogP contribution in [0.5, 0.6) is 11.5 Å². The maximum Gasteiger partial charge on any atom is 0.325 e. The van der Waals surface area contributed by atoms with Gasteiger partial charge in [-0.1, -0.05) is 13.8 Å². The number of imide groups is 1. The molecule has 0 radical (unpaired) electrons. The van der Waals surface area contributed by atoms with Crippen molar-refractivity contribution in [2.45, 2.75) is 53.0 Å². The van der Waals surface area contributed by atoms with Crippen LogP contribution in [0, 0.1) is 5.92 Å². The summed E-state index contributed by atoms with van der Waals surface area (Å²) in [5.74, 6) is 0.673. The summed E-state index contributed by atoms with van der Waals surface area (Å²) in [6.07, 6.45) is 1.33. The molecule has 0 unspecified atom stereocenters. The minimum Gasteiger partial charge on any atom is -0.490 e. The van der Waals surface area contributed by atoms with Crippen molar-refractivity contribution < 1.29 is 23.9 Å². The van der Waals surface area contributed by atoms with Crippen molar-refractivity contribution in [1.82, 2.24) is 10.2 Å². The fourth-order valence-corrected chi connectivity index (χ4v) is 3.11. The van der Waals surface area contributed by atoms with Crippen LogP contribution in [0.25, 0.3) is 0 Å². The molecule has 1 saturated heterocycles. The zero-order valence-corrected chi connectivity index (χ0v) is 17.8. The second-order valence-electron chi connectivity index (χ2n) is 7.66. The third kappa shape index (κ3) is 5.62. The minimum atomic E-state index is -0.969. The Morgan fingerprint density at radius 1 is 1.17 bits per heavy atom. The highest BCUT2D eigenvalue weighted by Gasteiger charge is 2.47. The standard InChI is InChI=1S/C21H31N3O5/c1-6-28-16-9-8-15(12-17(16)29-7-2)22-18(25)13-24-19(26)21(5,23-20(24)27)11-10-14(3)4/h8-9,12,14H,6-7,10-11,13H2,1-5H3,(H,22,25)(H,23,27)/t21-/m1/s1. The van der Waals surface area contributed by atoms with Gasteiger partial charge in [0.2, 0.25) is 5.91 Å². The number of rotatable bonds is 10. The molecule has 4 amide bonds. The molecular formula is C21H31N3O5. The lowest BCUT2D eigenvalue weighted by molar-refractivity contribution is -0.133. The van der Waals surface area contributed by atoms with E-state index in [1.54, 1.807) is 25.1 Å². The molecule has 1 atom stereocenters. The zero-order chi connectivity index (χ0) is 21.6. The quantitative estimate of drug-likeness (QED) is 0.583. The van der Waals surface area contributed by atoms with Crippen molar-refractivity contribution in [3.8, 4) is 11.5 Å². The number of nitrogens with zero attached hydrogens (tertiary/aromatic N) is 1. The number of carbonyl (C=O) groups excluding carboxylic acids is 3. The Morgan fingerprint density at radius 2 is 1.83 bits per heavy atom. The average molecular weight is 405 g/mol. The van der Waals surface area contributed by atoms with Crippen LogP contribution in [0.4, 0.5) is 10.5 Å². The lowest BCUT2D eigenvalue weighted by atomic mass is 9.92. The van der Waals surface area contributed by atoms with E-state index in [2.05, 4.69) is 24.5 Å². The fourth-order valence-electron chi connectivity index (χ4n) is 3.11. The predicted octanol–water partition coefficient (Wildman–Crippen LogP) is 3.17. The number of urea groups is 1. The molecule has 1 aliphatic rings. The van der Waals surface area contributed by atoms with E-state index < -0.39 is 17.5 Å². The van der Waals surface area contributed by atoms with E-state index in [0.717, 1.165) is 11.3 Å². The first-order valence-electron chi connectivity index (χ1n) is 10.0. The van der Waals surface area contributed by atoms with Crippen molar-refractivity contribution in [3.63, 3.8) is 0 Å². The summed E-state index contributed by atoms with van der Waals surface area (Å²) in [6.45, 7) is 10.1. The van der Waals surface area contributed by atoms with E-state index >= 15 is 0 Å². The number of hydrogen-bond acceptors (Lipinski definition) is 5. The Bertz CT molecular complexity index is 765. The van der Waals surface area contributed by atoms with Gasteiger partial charge >= 0.3 is 6.03 Å². The second kappa shape index (κ2) is 9.62. The number of nitrogens with one attached hydrogen (secondary N) is 2. The zero-order valence-electron chi connectivity index (χ0n) is 17.8. The third-order valence-corrected chi connectivity index (χ3v) is 4.70. The molecule has 8 heteroatoms. The number of carbonyl (C=O) groups is 3. The highest BCUT2D eigenvalue weighted by atomic mass is 16.5. The van der Waals surface area contributed by atoms with Crippen LogP contribution < -0.4 is 20.1 Å². The Morgan fingerprint density at radius 3 is 2.45 bits per heavy atom. The van der Waals surface area contributed by atoms with Crippen LogP contribution in [-0.2, 0) is 9.59 Å². The van der Waals surface area contributed by atoms with Gasteiger partial charge in [-0.3, -0.25) is 14.5 Å². The van der Waals surface area contributed by atoms with E-state index in [1.807, 2.05) is 13.8 Å². The van der Waals surface area contributed by atoms with Gasteiger partial charge in [0.15, 0.2) is 11.5 Å². The summed E-state index contributed by atoms with van der Waals surface area (Å²) < 4.78 is 11.1. The fraction of sp³-hybridized carbons (Fsp3) is 0.571. The first-order chi connectivity index (χ1) is 13.7. The van der Waals surface area contributed by atoms with E-state index in [4.69, 9.17) is 9.47 Å². The van der Waals surface area contributed by atoms with Gasteiger partial charge in [0.05, 0.1) is 13.2 Å². The maximum absolute atomic E-state index is 12.7. The number of benzene rings is 1. The molecule has 1 fully saturated rings. The molecule has 2 N–H and O–H groups in total. The molecule has 0 saturated carbocycles. The summed E-state index contributed by atoms with van der Waals surface area (Å²) in [7, 11) is 0. The summed E-state index contributed by atoms with van der Waals surface area (Å²) in [5.41, 5.74) is -0.473. The van der Waals surface area contributed by atoms with Crippen molar-refractivity contribution in [1.29, 1.82) is 0 Å². The third-order valence-electron chi connectivity index (χ3n) is 4.70. The van der Waals surface area contributed by atoms with Gasteiger partial charge in [-0.25, -0.2) is 4.79 Å². The molecule has 2 rings (SSSR count). The van der Waals surface area contributed by atoms with Gasteiger partial charge in [0.1, 0.15) is 12.1 Å². The van der Waals surface area contributed by atoms with Crippen molar-refractivity contribution in [2.75, 3.05) is 25.1 Å². The molecule has 0 aromatic heterocycles. The van der Waals surface area contributed by atoms with Crippen molar-refractivity contribution >= 4 is 23.5 Å². The van der Waals surface area contributed by atoms with E-state index in [1.165, 1.54) is 0 Å². The SMILES string of the molecule is CCOc1ccc(NC(=O)CN2C(=O)N[C@](C)(CCC(C)C)C2=O)cc1OCC. The van der Waals surface area contributed by atoms with Gasteiger partial charge < -0.3 is 20.1 Å². The molecule has 29 heavy (non-hydrogen) atoms. The smallest absolute Gasteiger partial charge is 0.325 e. The summed E-state index contributed by atoms with van der Waals surface area (Å²) in [6, 6.07) is 4.51. The number of amides is 4. The Balaban J connectivity index is 2.04.